The predicted molar refractivity (Wildman–Crippen MR) is 71.3 cm³/mol. The zero-order valence-electron chi connectivity index (χ0n) is 10.1. The molecule has 0 atom stereocenters. The second-order valence-corrected chi connectivity index (χ2v) is 4.80. The van der Waals surface area contributed by atoms with Crippen LogP contribution in [0.25, 0.3) is 0 Å². The Labute approximate surface area is 114 Å². The van der Waals surface area contributed by atoms with E-state index >= 15 is 0 Å². The van der Waals surface area contributed by atoms with Gasteiger partial charge in [0.15, 0.2) is 0 Å². The third kappa shape index (κ3) is 5.48. The highest BCUT2D eigenvalue weighted by atomic mass is 32.1. The van der Waals surface area contributed by atoms with Gasteiger partial charge in [0.05, 0.1) is 24.1 Å². The number of benzene rings is 1. The van der Waals surface area contributed by atoms with Crippen molar-refractivity contribution in [2.24, 2.45) is 5.92 Å². The van der Waals surface area contributed by atoms with Crippen molar-refractivity contribution in [3.8, 4) is 0 Å². The molecular weight excluding hydrogens is 268 g/mol. The summed E-state index contributed by atoms with van der Waals surface area (Å²) in [6.07, 6.45) is -0.395. The zero-order chi connectivity index (χ0) is 14.3. The molecule has 0 aliphatic carbocycles. The molecule has 6 heteroatoms. The van der Waals surface area contributed by atoms with Gasteiger partial charge in [0.1, 0.15) is 0 Å². The molecule has 1 rings (SSSR count). The van der Waals surface area contributed by atoms with E-state index < -0.39 is 17.9 Å². The Morgan fingerprint density at radius 2 is 1.58 bits per heavy atom. The van der Waals surface area contributed by atoms with Gasteiger partial charge in [-0.3, -0.25) is 9.59 Å². The van der Waals surface area contributed by atoms with Gasteiger partial charge in [-0.25, -0.2) is 4.21 Å². The topological polar surface area (TPSA) is 91.7 Å². The van der Waals surface area contributed by atoms with Crippen molar-refractivity contribution in [3.05, 3.63) is 35.9 Å². The highest BCUT2D eigenvalue weighted by Crippen LogP contribution is 2.14. The normalized spacial score (nSPS) is 10.2. The molecule has 0 amide bonds. The fourth-order valence-corrected chi connectivity index (χ4v) is 2.29. The van der Waals surface area contributed by atoms with Gasteiger partial charge in [-0.05, 0) is 5.56 Å². The van der Waals surface area contributed by atoms with Crippen molar-refractivity contribution in [1.29, 1.82) is 0 Å². The lowest BCUT2D eigenvalue weighted by Gasteiger charge is -2.13. The van der Waals surface area contributed by atoms with Crippen molar-refractivity contribution in [3.63, 3.8) is 0 Å². The molecule has 0 unspecified atom stereocenters. The van der Waals surface area contributed by atoms with Crippen LogP contribution in [0.4, 0.5) is 0 Å². The van der Waals surface area contributed by atoms with E-state index in [1.54, 1.807) is 0 Å². The first kappa shape index (κ1) is 15.1. The van der Waals surface area contributed by atoms with Crippen molar-refractivity contribution < 1.29 is 24.0 Å². The molecule has 0 radical (unpaired) electrons. The van der Waals surface area contributed by atoms with Crippen molar-refractivity contribution >= 4 is 28.1 Å². The largest absolute Gasteiger partial charge is 0.481 e. The van der Waals surface area contributed by atoms with E-state index in [0.717, 1.165) is 5.56 Å². The smallest absolute Gasteiger partial charge is 0.303 e. The monoisotopic (exact) mass is 282 g/mol. The van der Waals surface area contributed by atoms with Crippen molar-refractivity contribution in [2.75, 3.05) is 0 Å². The number of hydrogen-bond acceptors (Lipinski definition) is 3. The van der Waals surface area contributed by atoms with E-state index in [-0.39, 0.29) is 24.1 Å². The fraction of sp³-hybridized carbons (Fsp3) is 0.308. The summed E-state index contributed by atoms with van der Waals surface area (Å²) in [5.41, 5.74) is 0.863. The number of hydrogen-bond donors (Lipinski definition) is 2. The molecule has 0 saturated carbocycles. The maximum absolute atomic E-state index is 11.1. The molecule has 0 spiro atoms. The summed E-state index contributed by atoms with van der Waals surface area (Å²) < 4.78 is 11.1. The summed E-state index contributed by atoms with van der Waals surface area (Å²) in [5, 5.41) is 17.6. The van der Waals surface area contributed by atoms with E-state index in [1.807, 2.05) is 30.3 Å². The molecule has 5 nitrogen and oxygen atoms in total. The van der Waals surface area contributed by atoms with Crippen molar-refractivity contribution in [2.45, 2.75) is 19.3 Å². The van der Waals surface area contributed by atoms with E-state index in [1.165, 1.54) is 0 Å². The SMILES string of the molecule is O=S=C(Cc1ccccc1)C(CC(=O)O)CC(=O)O. The number of carboxylic acids is 2. The van der Waals surface area contributed by atoms with Gasteiger partial charge >= 0.3 is 11.9 Å². The highest BCUT2D eigenvalue weighted by Gasteiger charge is 2.22. The average molecular weight is 282 g/mol. The second kappa shape index (κ2) is 7.48. The van der Waals surface area contributed by atoms with E-state index in [4.69, 9.17) is 10.2 Å². The van der Waals surface area contributed by atoms with Crippen LogP contribution in [0.15, 0.2) is 30.3 Å². The van der Waals surface area contributed by atoms with Crippen LogP contribution in [-0.2, 0) is 27.3 Å². The van der Waals surface area contributed by atoms with E-state index in [2.05, 4.69) is 0 Å². The maximum atomic E-state index is 11.1. The molecule has 0 aromatic heterocycles. The van der Waals surface area contributed by atoms with Gasteiger partial charge < -0.3 is 10.2 Å². The molecule has 1 aromatic rings. The van der Waals surface area contributed by atoms with Crippen LogP contribution in [0.5, 0.6) is 0 Å². The van der Waals surface area contributed by atoms with Gasteiger partial charge in [0, 0.05) is 17.2 Å². The highest BCUT2D eigenvalue weighted by molar-refractivity contribution is 7.66. The molecule has 0 aliphatic heterocycles. The third-order valence-corrected chi connectivity index (χ3v) is 3.32. The molecule has 0 aliphatic rings. The lowest BCUT2D eigenvalue weighted by atomic mass is 9.93. The van der Waals surface area contributed by atoms with E-state index in [0.29, 0.717) is 11.3 Å². The summed E-state index contributed by atoms with van der Waals surface area (Å²) in [6.45, 7) is 0. The first-order chi connectivity index (χ1) is 9.02. The molecule has 0 saturated heterocycles. The van der Waals surface area contributed by atoms with Crippen LogP contribution in [0.2, 0.25) is 0 Å². The Morgan fingerprint density at radius 1 is 1.05 bits per heavy atom. The minimum absolute atomic E-state index is 0.197. The van der Waals surface area contributed by atoms with Crippen LogP contribution in [0.3, 0.4) is 0 Å². The van der Waals surface area contributed by atoms with Crippen LogP contribution in [0.1, 0.15) is 18.4 Å². The van der Waals surface area contributed by atoms with Crippen molar-refractivity contribution in [1.82, 2.24) is 0 Å². The number of rotatable bonds is 7. The lowest BCUT2D eigenvalue weighted by molar-refractivity contribution is -0.139. The quantitative estimate of drug-likeness (QED) is 0.733. The predicted octanol–water partition coefficient (Wildman–Crippen LogP) is 1.18. The summed E-state index contributed by atoms with van der Waals surface area (Å²) in [4.78, 5) is 21.8. The number of carboxylic acid groups (broad SMARTS) is 2. The van der Waals surface area contributed by atoms with Crippen LogP contribution in [0, 0.1) is 5.92 Å². The van der Waals surface area contributed by atoms with Gasteiger partial charge in [0.2, 0.25) is 0 Å². The van der Waals surface area contributed by atoms with Crippen LogP contribution < -0.4 is 0 Å². The lowest BCUT2D eigenvalue weighted by Crippen LogP contribution is -2.23. The maximum Gasteiger partial charge on any atom is 0.303 e. The Bertz CT molecular complexity index is 489. The zero-order valence-corrected chi connectivity index (χ0v) is 10.9. The minimum atomic E-state index is -1.11. The van der Waals surface area contributed by atoms with Gasteiger partial charge in [-0.1, -0.05) is 30.3 Å². The molecular formula is C13H14O5S. The molecule has 102 valence electrons. The molecule has 2 N–H and O–H groups in total. The Kier molecular flexibility index (Phi) is 5.95. The van der Waals surface area contributed by atoms with Gasteiger partial charge in [0.25, 0.3) is 0 Å². The summed E-state index contributed by atoms with van der Waals surface area (Å²) in [5.74, 6) is -2.96. The van der Waals surface area contributed by atoms with E-state index in [9.17, 15) is 13.8 Å². The number of aliphatic carboxylic acids is 2. The van der Waals surface area contributed by atoms with Crippen LogP contribution in [-0.4, -0.2) is 31.2 Å². The fourth-order valence-electron chi connectivity index (χ4n) is 1.76. The number of carbonyl (C=O) groups is 2. The molecule has 1 aromatic carbocycles. The Balaban J connectivity index is 2.87. The molecule has 0 bridgehead atoms. The molecule has 19 heavy (non-hydrogen) atoms. The third-order valence-electron chi connectivity index (χ3n) is 2.63. The average Bonchev–Trinajstić information content (AvgIpc) is 2.35. The summed E-state index contributed by atoms with van der Waals surface area (Å²) in [6, 6.07) is 9.08. The second-order valence-electron chi connectivity index (χ2n) is 4.10. The van der Waals surface area contributed by atoms with Crippen LogP contribution >= 0.6 is 0 Å². The Hall–Kier alpha value is -1.95. The van der Waals surface area contributed by atoms with Gasteiger partial charge in [-0.2, -0.15) is 0 Å². The summed E-state index contributed by atoms with van der Waals surface area (Å²) >= 11 is 0.197. The Morgan fingerprint density at radius 3 is 2.00 bits per heavy atom. The molecule has 0 heterocycles. The van der Waals surface area contributed by atoms with Gasteiger partial charge in [-0.15, -0.1) is 0 Å². The first-order valence-corrected chi connectivity index (χ1v) is 6.40. The molecule has 0 fully saturated rings. The standard InChI is InChI=1S/C13H14O5S/c14-12(15)7-10(8-13(16)17)11(19-18)6-9-4-2-1-3-5-9/h1-5,10H,6-8H2,(H,14,15)(H,16,17). The first-order valence-electron chi connectivity index (χ1n) is 5.66. The minimum Gasteiger partial charge on any atom is -0.481 e. The summed E-state index contributed by atoms with van der Waals surface area (Å²) in [7, 11) is 0.